The summed E-state index contributed by atoms with van der Waals surface area (Å²) in [6, 6.07) is 22.6. The summed E-state index contributed by atoms with van der Waals surface area (Å²) >= 11 is 1.46. The van der Waals surface area contributed by atoms with Gasteiger partial charge in [-0.3, -0.25) is 4.79 Å². The van der Waals surface area contributed by atoms with Gasteiger partial charge in [0.2, 0.25) is 5.91 Å². The van der Waals surface area contributed by atoms with Crippen molar-refractivity contribution in [2.24, 2.45) is 0 Å². The molecule has 0 radical (unpaired) electrons. The second-order valence-electron chi connectivity index (χ2n) is 7.80. The predicted octanol–water partition coefficient (Wildman–Crippen LogP) is 5.02. The highest BCUT2D eigenvalue weighted by atomic mass is 32.2. The van der Waals surface area contributed by atoms with E-state index in [1.165, 1.54) is 17.8 Å². The molecule has 5 nitrogen and oxygen atoms in total. The Morgan fingerprint density at radius 1 is 0.970 bits per heavy atom. The van der Waals surface area contributed by atoms with Gasteiger partial charge in [0, 0.05) is 17.1 Å². The zero-order valence-corrected chi connectivity index (χ0v) is 18.8. The van der Waals surface area contributed by atoms with E-state index < -0.39 is 12.1 Å². The Morgan fingerprint density at radius 2 is 1.67 bits per heavy atom. The molecule has 0 aromatic heterocycles. The van der Waals surface area contributed by atoms with Crippen molar-refractivity contribution in [1.82, 2.24) is 10.6 Å². The molecule has 4 rings (SSSR count). The molecule has 0 aliphatic carbocycles. The summed E-state index contributed by atoms with van der Waals surface area (Å²) in [5.74, 6) is 0.0944. The summed E-state index contributed by atoms with van der Waals surface area (Å²) in [5, 5.41) is 5.72. The van der Waals surface area contributed by atoms with E-state index in [1.54, 1.807) is 6.07 Å². The molecule has 0 saturated heterocycles. The van der Waals surface area contributed by atoms with E-state index in [0.29, 0.717) is 23.5 Å². The van der Waals surface area contributed by atoms with E-state index in [1.807, 2.05) is 66.7 Å². The molecule has 3 aromatic carbocycles. The lowest BCUT2D eigenvalue weighted by atomic mass is 10.0. The Labute approximate surface area is 196 Å². The maximum Gasteiger partial charge on any atom is 0.408 e. The van der Waals surface area contributed by atoms with E-state index in [-0.39, 0.29) is 24.4 Å². The van der Waals surface area contributed by atoms with Crippen molar-refractivity contribution in [2.75, 3.05) is 5.75 Å². The molecule has 2 N–H and O–H groups in total. The van der Waals surface area contributed by atoms with Crippen molar-refractivity contribution in [3.63, 3.8) is 0 Å². The third-order valence-electron chi connectivity index (χ3n) is 5.45. The van der Waals surface area contributed by atoms with Gasteiger partial charge < -0.3 is 15.4 Å². The van der Waals surface area contributed by atoms with Crippen LogP contribution >= 0.6 is 11.8 Å². The first kappa shape index (κ1) is 22.9. The van der Waals surface area contributed by atoms with E-state index in [2.05, 4.69) is 10.6 Å². The number of nitrogens with one attached hydrogen (secondary N) is 2. The Hall–Kier alpha value is -3.32. The molecule has 1 heterocycles. The fraction of sp³-hybridized carbons (Fsp3) is 0.231. The zero-order chi connectivity index (χ0) is 23.0. The Bertz CT molecular complexity index is 1100. The highest BCUT2D eigenvalue weighted by Gasteiger charge is 2.28. The van der Waals surface area contributed by atoms with Crippen LogP contribution in [0.15, 0.2) is 83.8 Å². The topological polar surface area (TPSA) is 67.4 Å². The largest absolute Gasteiger partial charge is 0.445 e. The number of fused-ring (bicyclic) bond motifs is 1. The summed E-state index contributed by atoms with van der Waals surface area (Å²) in [7, 11) is 0. The van der Waals surface area contributed by atoms with Gasteiger partial charge in [-0.05, 0) is 29.2 Å². The van der Waals surface area contributed by atoms with Gasteiger partial charge in [-0.15, -0.1) is 11.8 Å². The molecular formula is C26H25FN2O3S. The SMILES string of the molecule is O=C(NC(Cc1ccccc1)C(=O)NC1CCSc2c(F)cccc21)OCc1ccccc1. The number of hydrogen-bond acceptors (Lipinski definition) is 4. The van der Waals surface area contributed by atoms with E-state index in [0.717, 1.165) is 16.7 Å². The standard InChI is InChI=1S/C26H25FN2O3S/c27-21-13-7-12-20-22(14-15-33-24(20)21)28-25(30)23(16-18-8-3-1-4-9-18)29-26(31)32-17-19-10-5-2-6-11-19/h1-13,22-23H,14-17H2,(H,28,30)(H,29,31). The number of thioether (sulfide) groups is 1. The van der Waals surface area contributed by atoms with Gasteiger partial charge in [-0.1, -0.05) is 72.8 Å². The fourth-order valence-electron chi connectivity index (χ4n) is 3.77. The average molecular weight is 465 g/mol. The number of rotatable bonds is 7. The van der Waals surface area contributed by atoms with Crippen LogP contribution in [-0.4, -0.2) is 23.8 Å². The quantitative estimate of drug-likeness (QED) is 0.516. The van der Waals surface area contributed by atoms with Crippen LogP contribution in [0.3, 0.4) is 0 Å². The fourth-order valence-corrected chi connectivity index (χ4v) is 4.92. The lowest BCUT2D eigenvalue weighted by Gasteiger charge is -2.28. The third-order valence-corrected chi connectivity index (χ3v) is 6.61. The number of carbonyl (C=O) groups is 2. The van der Waals surface area contributed by atoms with Gasteiger partial charge in [-0.25, -0.2) is 9.18 Å². The molecule has 0 fully saturated rings. The number of carbonyl (C=O) groups excluding carboxylic acids is 2. The monoisotopic (exact) mass is 464 g/mol. The van der Waals surface area contributed by atoms with Crippen LogP contribution in [0.2, 0.25) is 0 Å². The van der Waals surface area contributed by atoms with Crippen LogP contribution in [0.25, 0.3) is 0 Å². The van der Waals surface area contributed by atoms with Crippen LogP contribution < -0.4 is 10.6 Å². The second-order valence-corrected chi connectivity index (χ2v) is 8.91. The molecule has 170 valence electrons. The second kappa shape index (κ2) is 11.0. The molecule has 0 bridgehead atoms. The third kappa shape index (κ3) is 6.14. The van der Waals surface area contributed by atoms with Crippen LogP contribution in [0, 0.1) is 5.82 Å². The number of hydrogen-bond donors (Lipinski definition) is 2. The van der Waals surface area contributed by atoms with Gasteiger partial charge in [-0.2, -0.15) is 0 Å². The summed E-state index contributed by atoms with van der Waals surface area (Å²) in [6.07, 6.45) is 0.328. The Morgan fingerprint density at radius 3 is 2.39 bits per heavy atom. The lowest BCUT2D eigenvalue weighted by Crippen LogP contribution is -2.49. The van der Waals surface area contributed by atoms with Crippen LogP contribution in [-0.2, 0) is 22.6 Å². The minimum absolute atomic E-state index is 0.110. The summed E-state index contributed by atoms with van der Waals surface area (Å²) < 4.78 is 19.5. The summed E-state index contributed by atoms with van der Waals surface area (Å²) in [4.78, 5) is 26.3. The average Bonchev–Trinajstić information content (AvgIpc) is 2.84. The molecule has 33 heavy (non-hydrogen) atoms. The number of amides is 2. The molecule has 1 aliphatic heterocycles. The lowest BCUT2D eigenvalue weighted by molar-refractivity contribution is -0.123. The maximum atomic E-state index is 14.2. The first-order chi connectivity index (χ1) is 16.1. The summed E-state index contributed by atoms with van der Waals surface area (Å²) in [5.41, 5.74) is 2.53. The van der Waals surface area contributed by atoms with E-state index in [4.69, 9.17) is 4.74 Å². The van der Waals surface area contributed by atoms with Crippen LogP contribution in [0.1, 0.15) is 29.2 Å². The number of benzene rings is 3. The number of ether oxygens (including phenoxy) is 1. The smallest absolute Gasteiger partial charge is 0.408 e. The molecule has 3 aromatic rings. The van der Waals surface area contributed by atoms with Gasteiger partial charge in [0.15, 0.2) is 0 Å². The van der Waals surface area contributed by atoms with Crippen molar-refractivity contribution < 1.29 is 18.7 Å². The van der Waals surface area contributed by atoms with E-state index in [9.17, 15) is 14.0 Å². The molecule has 2 unspecified atom stereocenters. The Balaban J connectivity index is 1.45. The van der Waals surface area contributed by atoms with Crippen molar-refractivity contribution in [3.8, 4) is 0 Å². The van der Waals surface area contributed by atoms with Crippen LogP contribution in [0.4, 0.5) is 9.18 Å². The first-order valence-corrected chi connectivity index (χ1v) is 11.8. The van der Waals surface area contributed by atoms with Gasteiger partial charge >= 0.3 is 6.09 Å². The Kier molecular flexibility index (Phi) is 7.62. The maximum absolute atomic E-state index is 14.2. The first-order valence-electron chi connectivity index (χ1n) is 10.8. The highest BCUT2D eigenvalue weighted by molar-refractivity contribution is 7.99. The molecule has 2 atom stereocenters. The van der Waals surface area contributed by atoms with Crippen LogP contribution in [0.5, 0.6) is 0 Å². The molecule has 7 heteroatoms. The van der Waals surface area contributed by atoms with Gasteiger partial charge in [0.25, 0.3) is 0 Å². The van der Waals surface area contributed by atoms with Gasteiger partial charge in [0.1, 0.15) is 18.5 Å². The van der Waals surface area contributed by atoms with Gasteiger partial charge in [0.05, 0.1) is 6.04 Å². The molecule has 1 aliphatic rings. The molecule has 2 amide bonds. The summed E-state index contributed by atoms with van der Waals surface area (Å²) in [6.45, 7) is 0.110. The number of halogens is 1. The molecule has 0 saturated carbocycles. The van der Waals surface area contributed by atoms with Crippen molar-refractivity contribution in [1.29, 1.82) is 0 Å². The predicted molar refractivity (Wildman–Crippen MR) is 126 cm³/mol. The minimum atomic E-state index is -0.831. The molecule has 0 spiro atoms. The number of alkyl carbamates (subject to hydrolysis) is 1. The van der Waals surface area contributed by atoms with Crippen molar-refractivity contribution in [2.45, 2.75) is 36.4 Å². The van der Waals surface area contributed by atoms with Crippen molar-refractivity contribution >= 4 is 23.8 Å². The van der Waals surface area contributed by atoms with E-state index >= 15 is 0 Å². The molecular weight excluding hydrogens is 439 g/mol. The highest BCUT2D eigenvalue weighted by Crippen LogP contribution is 2.37. The normalized spacial score (nSPS) is 15.7. The minimum Gasteiger partial charge on any atom is -0.445 e. The van der Waals surface area contributed by atoms with Crippen molar-refractivity contribution in [3.05, 3.63) is 101 Å². The zero-order valence-electron chi connectivity index (χ0n) is 18.0.